The van der Waals surface area contributed by atoms with Gasteiger partial charge in [0.2, 0.25) is 5.95 Å². The summed E-state index contributed by atoms with van der Waals surface area (Å²) < 4.78 is 0. The highest BCUT2D eigenvalue weighted by Crippen LogP contribution is 2.14. The molecule has 0 amide bonds. The summed E-state index contributed by atoms with van der Waals surface area (Å²) in [6, 6.07) is 0. The van der Waals surface area contributed by atoms with Gasteiger partial charge in [0.15, 0.2) is 0 Å². The van der Waals surface area contributed by atoms with E-state index in [4.69, 9.17) is 0 Å². The number of nitrogens with zero attached hydrogens (tertiary/aromatic N) is 3. The third-order valence-corrected chi connectivity index (χ3v) is 3.62. The van der Waals surface area contributed by atoms with Crippen molar-refractivity contribution in [2.45, 2.75) is 52.0 Å². The highest BCUT2D eigenvalue weighted by atomic mass is 15.3. The van der Waals surface area contributed by atoms with Crippen LogP contribution >= 0.6 is 0 Å². The Morgan fingerprint density at radius 3 is 2.53 bits per heavy atom. The highest BCUT2D eigenvalue weighted by Gasteiger charge is 2.14. The zero-order chi connectivity index (χ0) is 13.3. The average molecular weight is 262 g/mol. The van der Waals surface area contributed by atoms with Gasteiger partial charge in [0.05, 0.1) is 0 Å². The van der Waals surface area contributed by atoms with Crippen LogP contribution in [0.4, 0.5) is 5.95 Å². The first kappa shape index (κ1) is 14.3. The van der Waals surface area contributed by atoms with Crippen molar-refractivity contribution < 1.29 is 0 Å². The van der Waals surface area contributed by atoms with Crippen LogP contribution in [-0.4, -0.2) is 29.6 Å². The summed E-state index contributed by atoms with van der Waals surface area (Å²) in [6.07, 6.45) is 11.7. The van der Waals surface area contributed by atoms with E-state index in [2.05, 4.69) is 27.1 Å². The van der Waals surface area contributed by atoms with Crippen LogP contribution in [0.5, 0.6) is 0 Å². The zero-order valence-electron chi connectivity index (χ0n) is 12.1. The normalized spacial score (nSPS) is 15.1. The quantitative estimate of drug-likeness (QED) is 0.731. The van der Waals surface area contributed by atoms with E-state index in [1.165, 1.54) is 44.1 Å². The Kier molecular flexibility index (Phi) is 6.08. The maximum absolute atomic E-state index is 4.46. The maximum Gasteiger partial charge on any atom is 0.225 e. The average Bonchev–Trinajstić information content (AvgIpc) is 2.97. The van der Waals surface area contributed by atoms with Crippen molar-refractivity contribution >= 4 is 5.95 Å². The molecular formula is C15H26N4. The first-order chi connectivity index (χ1) is 9.40. The third-order valence-electron chi connectivity index (χ3n) is 3.62. The molecule has 0 unspecified atom stereocenters. The van der Waals surface area contributed by atoms with Gasteiger partial charge in [-0.3, -0.25) is 0 Å². The van der Waals surface area contributed by atoms with Crippen LogP contribution in [0.15, 0.2) is 12.4 Å². The van der Waals surface area contributed by atoms with Crippen molar-refractivity contribution in [1.82, 2.24) is 15.3 Å². The predicted molar refractivity (Wildman–Crippen MR) is 79.3 cm³/mol. The lowest BCUT2D eigenvalue weighted by atomic mass is 10.2. The molecule has 1 aliphatic rings. The summed E-state index contributed by atoms with van der Waals surface area (Å²) in [6.45, 7) is 6.43. The van der Waals surface area contributed by atoms with Gasteiger partial charge in [0.1, 0.15) is 0 Å². The molecule has 2 heterocycles. The molecule has 1 fully saturated rings. The Hall–Kier alpha value is -1.16. The van der Waals surface area contributed by atoms with Crippen LogP contribution in [0.2, 0.25) is 0 Å². The highest BCUT2D eigenvalue weighted by molar-refractivity contribution is 5.30. The van der Waals surface area contributed by atoms with Crippen molar-refractivity contribution in [2.24, 2.45) is 0 Å². The molecule has 2 rings (SSSR count). The number of unbranched alkanes of at least 4 members (excludes halogenated alkanes) is 3. The molecule has 0 aliphatic carbocycles. The molecule has 1 aliphatic heterocycles. The van der Waals surface area contributed by atoms with Gasteiger partial charge < -0.3 is 10.2 Å². The van der Waals surface area contributed by atoms with E-state index in [9.17, 15) is 0 Å². The van der Waals surface area contributed by atoms with Gasteiger partial charge in [0.25, 0.3) is 0 Å². The Morgan fingerprint density at radius 2 is 1.84 bits per heavy atom. The van der Waals surface area contributed by atoms with E-state index in [0.717, 1.165) is 32.1 Å². The third kappa shape index (κ3) is 4.78. The molecule has 1 aromatic rings. The van der Waals surface area contributed by atoms with Gasteiger partial charge >= 0.3 is 0 Å². The SMILES string of the molecule is CCCCCCNCc1cnc(N2CCCC2)nc1. The maximum atomic E-state index is 4.46. The fourth-order valence-corrected chi connectivity index (χ4v) is 2.43. The minimum atomic E-state index is 0.881. The molecule has 1 saturated heterocycles. The van der Waals surface area contributed by atoms with Crippen molar-refractivity contribution in [3.63, 3.8) is 0 Å². The van der Waals surface area contributed by atoms with E-state index in [-0.39, 0.29) is 0 Å². The summed E-state index contributed by atoms with van der Waals surface area (Å²) in [4.78, 5) is 11.2. The Balaban J connectivity index is 1.67. The number of hydrogen-bond acceptors (Lipinski definition) is 4. The number of hydrogen-bond donors (Lipinski definition) is 1. The second-order valence-electron chi connectivity index (χ2n) is 5.32. The van der Waals surface area contributed by atoms with Gasteiger partial charge in [0, 0.05) is 37.6 Å². The van der Waals surface area contributed by atoms with E-state index < -0.39 is 0 Å². The fourth-order valence-electron chi connectivity index (χ4n) is 2.43. The summed E-state index contributed by atoms with van der Waals surface area (Å²) in [7, 11) is 0. The summed E-state index contributed by atoms with van der Waals surface area (Å²) in [5.41, 5.74) is 1.18. The van der Waals surface area contributed by atoms with Gasteiger partial charge in [-0.1, -0.05) is 26.2 Å². The molecule has 4 heteroatoms. The molecule has 0 spiro atoms. The van der Waals surface area contributed by atoms with Crippen LogP contribution in [0, 0.1) is 0 Å². The summed E-state index contributed by atoms with van der Waals surface area (Å²) >= 11 is 0. The molecule has 19 heavy (non-hydrogen) atoms. The van der Waals surface area contributed by atoms with Gasteiger partial charge in [-0.05, 0) is 25.8 Å². The molecule has 0 radical (unpaired) electrons. The second-order valence-corrected chi connectivity index (χ2v) is 5.32. The standard InChI is InChI=1S/C15H26N4/c1-2-3-4-5-8-16-11-14-12-17-15(18-13-14)19-9-6-7-10-19/h12-13,16H,2-11H2,1H3. The Labute approximate surface area is 116 Å². The molecule has 0 atom stereocenters. The lowest BCUT2D eigenvalue weighted by molar-refractivity contribution is 0.597. The molecule has 4 nitrogen and oxygen atoms in total. The Morgan fingerprint density at radius 1 is 1.11 bits per heavy atom. The van der Waals surface area contributed by atoms with Crippen molar-refractivity contribution in [3.8, 4) is 0 Å². The molecule has 0 aromatic carbocycles. The molecule has 106 valence electrons. The van der Waals surface area contributed by atoms with Crippen LogP contribution < -0.4 is 10.2 Å². The number of aromatic nitrogens is 2. The Bertz CT molecular complexity index is 344. The van der Waals surface area contributed by atoms with Crippen molar-refractivity contribution in [3.05, 3.63) is 18.0 Å². The number of rotatable bonds is 8. The van der Waals surface area contributed by atoms with E-state index in [1.54, 1.807) is 0 Å². The van der Waals surface area contributed by atoms with Gasteiger partial charge in [-0.25, -0.2) is 9.97 Å². The minimum absolute atomic E-state index is 0.881. The van der Waals surface area contributed by atoms with Crippen LogP contribution in [0.3, 0.4) is 0 Å². The molecule has 0 saturated carbocycles. The van der Waals surface area contributed by atoms with E-state index >= 15 is 0 Å². The molecular weight excluding hydrogens is 236 g/mol. The molecule has 1 N–H and O–H groups in total. The first-order valence-electron chi connectivity index (χ1n) is 7.66. The number of nitrogens with one attached hydrogen (secondary N) is 1. The smallest absolute Gasteiger partial charge is 0.225 e. The van der Waals surface area contributed by atoms with Crippen LogP contribution in [0.25, 0.3) is 0 Å². The van der Waals surface area contributed by atoms with Gasteiger partial charge in [-0.2, -0.15) is 0 Å². The lowest BCUT2D eigenvalue weighted by Gasteiger charge is -2.14. The summed E-state index contributed by atoms with van der Waals surface area (Å²) in [5, 5.41) is 3.46. The van der Waals surface area contributed by atoms with E-state index in [1.807, 2.05) is 12.4 Å². The van der Waals surface area contributed by atoms with Crippen LogP contribution in [-0.2, 0) is 6.54 Å². The minimum Gasteiger partial charge on any atom is -0.341 e. The zero-order valence-corrected chi connectivity index (χ0v) is 12.1. The largest absolute Gasteiger partial charge is 0.341 e. The van der Waals surface area contributed by atoms with Crippen molar-refractivity contribution in [2.75, 3.05) is 24.5 Å². The lowest BCUT2D eigenvalue weighted by Crippen LogP contribution is -2.21. The van der Waals surface area contributed by atoms with Gasteiger partial charge in [-0.15, -0.1) is 0 Å². The predicted octanol–water partition coefficient (Wildman–Crippen LogP) is 2.75. The monoisotopic (exact) mass is 262 g/mol. The topological polar surface area (TPSA) is 41.1 Å². The molecule has 1 aromatic heterocycles. The second kappa shape index (κ2) is 8.10. The fraction of sp³-hybridized carbons (Fsp3) is 0.733. The first-order valence-corrected chi connectivity index (χ1v) is 7.66. The molecule has 0 bridgehead atoms. The van der Waals surface area contributed by atoms with Crippen molar-refractivity contribution in [1.29, 1.82) is 0 Å². The van der Waals surface area contributed by atoms with Crippen LogP contribution in [0.1, 0.15) is 51.0 Å². The summed E-state index contributed by atoms with van der Waals surface area (Å²) in [5.74, 6) is 0.893. The van der Waals surface area contributed by atoms with E-state index in [0.29, 0.717) is 0 Å². The number of anilines is 1.